The molecule has 228 valence electrons. The molecular formula is C22H34F10O6. The van der Waals surface area contributed by atoms with Gasteiger partial charge in [-0.05, 0) is 11.8 Å². The van der Waals surface area contributed by atoms with Gasteiger partial charge in [0.2, 0.25) is 0 Å². The van der Waals surface area contributed by atoms with Crippen LogP contribution in [0.5, 0.6) is 0 Å². The normalized spacial score (nSPS) is 32.8. The maximum absolute atomic E-state index is 13.7. The molecule has 2 fully saturated rings. The summed E-state index contributed by atoms with van der Waals surface area (Å²) in [5.74, 6) is -17.7. The van der Waals surface area contributed by atoms with Gasteiger partial charge in [-0.15, -0.1) is 0 Å². The van der Waals surface area contributed by atoms with E-state index in [9.17, 15) is 43.9 Å². The predicted molar refractivity (Wildman–Crippen MR) is 111 cm³/mol. The Morgan fingerprint density at radius 1 is 0.868 bits per heavy atom. The summed E-state index contributed by atoms with van der Waals surface area (Å²) in [4.78, 5) is 0. The monoisotopic (exact) mass is 584 g/mol. The van der Waals surface area contributed by atoms with E-state index in [1.54, 1.807) is 6.92 Å². The molecule has 2 aliphatic heterocycles. The summed E-state index contributed by atoms with van der Waals surface area (Å²) in [6.45, 7) is 6.40. The molecule has 6 unspecified atom stereocenters. The lowest BCUT2D eigenvalue weighted by Gasteiger charge is -2.43. The van der Waals surface area contributed by atoms with Crippen molar-refractivity contribution in [2.45, 2.75) is 101 Å². The van der Waals surface area contributed by atoms with Gasteiger partial charge >= 0.3 is 35.8 Å². The molecule has 0 bridgehead atoms. The van der Waals surface area contributed by atoms with E-state index < -0.39 is 74.0 Å². The molecule has 2 saturated heterocycles. The van der Waals surface area contributed by atoms with E-state index >= 15 is 0 Å². The topological polar surface area (TPSA) is 77.4 Å². The molecule has 0 aromatic rings. The third-order valence-corrected chi connectivity index (χ3v) is 6.31. The SMILES string of the molecule is CCC(C)COC1CCOC(O)(C(F)(F)F)C1(F)F.CCC(C)COCC1CC(F)(F)C(O)(C(F)(F)F)O1. The van der Waals surface area contributed by atoms with E-state index in [1.165, 1.54) is 0 Å². The first-order valence-electron chi connectivity index (χ1n) is 11.9. The third kappa shape index (κ3) is 7.62. The lowest BCUT2D eigenvalue weighted by molar-refractivity contribution is -0.458. The van der Waals surface area contributed by atoms with Crippen molar-refractivity contribution >= 4 is 0 Å². The van der Waals surface area contributed by atoms with Crippen molar-refractivity contribution in [3.05, 3.63) is 0 Å². The van der Waals surface area contributed by atoms with Gasteiger partial charge in [-0.25, -0.2) is 8.78 Å². The molecule has 0 aromatic carbocycles. The molecule has 0 aliphatic carbocycles. The molecule has 6 nitrogen and oxygen atoms in total. The highest BCUT2D eigenvalue weighted by Gasteiger charge is 2.76. The highest BCUT2D eigenvalue weighted by molar-refractivity contribution is 5.00. The summed E-state index contributed by atoms with van der Waals surface area (Å²) >= 11 is 0. The Morgan fingerprint density at radius 3 is 1.82 bits per heavy atom. The van der Waals surface area contributed by atoms with E-state index in [1.807, 2.05) is 20.8 Å². The minimum Gasteiger partial charge on any atom is -0.378 e. The number of alkyl halides is 10. The molecule has 0 saturated carbocycles. The molecule has 2 N–H and O–H groups in total. The Balaban J connectivity index is 0.000000380. The second-order valence-corrected chi connectivity index (χ2v) is 9.58. The third-order valence-electron chi connectivity index (χ3n) is 6.31. The first kappa shape index (κ1) is 35.1. The highest BCUT2D eigenvalue weighted by Crippen LogP contribution is 2.51. The van der Waals surface area contributed by atoms with Crippen molar-refractivity contribution in [3.8, 4) is 0 Å². The number of ether oxygens (including phenoxy) is 4. The van der Waals surface area contributed by atoms with Gasteiger partial charge in [0.15, 0.2) is 0 Å². The van der Waals surface area contributed by atoms with Crippen LogP contribution in [0.2, 0.25) is 0 Å². The predicted octanol–water partition coefficient (Wildman–Crippen LogP) is 5.45. The zero-order chi connectivity index (χ0) is 29.8. The van der Waals surface area contributed by atoms with Crippen molar-refractivity contribution in [3.63, 3.8) is 0 Å². The quantitative estimate of drug-likeness (QED) is 0.351. The van der Waals surface area contributed by atoms with E-state index in [4.69, 9.17) is 19.7 Å². The van der Waals surface area contributed by atoms with Gasteiger partial charge in [0.05, 0.1) is 19.3 Å². The summed E-state index contributed by atoms with van der Waals surface area (Å²) in [5.41, 5.74) is 0. The van der Waals surface area contributed by atoms with Crippen LogP contribution in [0, 0.1) is 11.8 Å². The van der Waals surface area contributed by atoms with Crippen LogP contribution in [0.3, 0.4) is 0 Å². The second kappa shape index (κ2) is 12.7. The molecule has 2 rings (SSSR count). The summed E-state index contributed by atoms with van der Waals surface area (Å²) in [5, 5.41) is 18.2. The number of hydrogen-bond donors (Lipinski definition) is 2. The molecule has 2 aliphatic rings. The first-order valence-corrected chi connectivity index (χ1v) is 11.9. The zero-order valence-electron chi connectivity index (χ0n) is 21.3. The van der Waals surface area contributed by atoms with Gasteiger partial charge in [0.1, 0.15) is 6.10 Å². The fourth-order valence-corrected chi connectivity index (χ4v) is 3.35. The van der Waals surface area contributed by atoms with Crippen molar-refractivity contribution in [1.82, 2.24) is 0 Å². The maximum atomic E-state index is 13.7. The number of hydrogen-bond acceptors (Lipinski definition) is 6. The van der Waals surface area contributed by atoms with Crippen LogP contribution >= 0.6 is 0 Å². The number of halogens is 10. The first-order chi connectivity index (χ1) is 17.1. The van der Waals surface area contributed by atoms with Gasteiger partial charge in [0, 0.05) is 26.1 Å². The number of rotatable bonds is 9. The molecular weight excluding hydrogens is 550 g/mol. The summed E-state index contributed by atoms with van der Waals surface area (Å²) in [7, 11) is 0. The van der Waals surface area contributed by atoms with Crippen LogP contribution in [0.15, 0.2) is 0 Å². The van der Waals surface area contributed by atoms with Crippen molar-refractivity contribution in [1.29, 1.82) is 0 Å². The van der Waals surface area contributed by atoms with Crippen LogP contribution in [0.4, 0.5) is 43.9 Å². The Bertz CT molecular complexity index is 734. The van der Waals surface area contributed by atoms with Gasteiger partial charge in [-0.1, -0.05) is 40.5 Å². The van der Waals surface area contributed by atoms with E-state index in [0.717, 1.165) is 6.42 Å². The second-order valence-electron chi connectivity index (χ2n) is 9.58. The molecule has 0 spiro atoms. The minimum atomic E-state index is -5.59. The molecule has 0 amide bonds. The van der Waals surface area contributed by atoms with E-state index in [2.05, 4.69) is 9.47 Å². The summed E-state index contributed by atoms with van der Waals surface area (Å²) in [6, 6.07) is 0. The van der Waals surface area contributed by atoms with Crippen LogP contribution in [0.1, 0.15) is 53.4 Å². The van der Waals surface area contributed by atoms with Crippen LogP contribution in [-0.4, -0.2) is 84.6 Å². The van der Waals surface area contributed by atoms with Crippen molar-refractivity contribution in [2.24, 2.45) is 11.8 Å². The Kier molecular flexibility index (Phi) is 11.7. The molecule has 0 aromatic heterocycles. The Morgan fingerprint density at radius 2 is 1.37 bits per heavy atom. The average Bonchev–Trinajstić information content (AvgIpc) is 3.02. The lowest BCUT2D eigenvalue weighted by atomic mass is 9.96. The largest absolute Gasteiger partial charge is 0.449 e. The Labute approximate surface area is 213 Å². The highest BCUT2D eigenvalue weighted by atomic mass is 19.4. The fraction of sp³-hybridized carbons (Fsp3) is 1.00. The van der Waals surface area contributed by atoms with Gasteiger partial charge < -0.3 is 29.2 Å². The lowest BCUT2D eigenvalue weighted by Crippen LogP contribution is -2.68. The van der Waals surface area contributed by atoms with Gasteiger partial charge in [-0.2, -0.15) is 35.1 Å². The van der Waals surface area contributed by atoms with Gasteiger partial charge in [-0.3, -0.25) is 0 Å². The van der Waals surface area contributed by atoms with E-state index in [0.29, 0.717) is 6.42 Å². The zero-order valence-corrected chi connectivity index (χ0v) is 21.3. The minimum absolute atomic E-state index is 0.0578. The van der Waals surface area contributed by atoms with Crippen molar-refractivity contribution in [2.75, 3.05) is 26.4 Å². The van der Waals surface area contributed by atoms with E-state index in [-0.39, 0.29) is 25.0 Å². The summed E-state index contributed by atoms with van der Waals surface area (Å²) in [6.07, 6.45) is -14.8. The molecule has 6 atom stereocenters. The smallest absolute Gasteiger partial charge is 0.378 e. The van der Waals surface area contributed by atoms with Crippen LogP contribution in [0.25, 0.3) is 0 Å². The summed E-state index contributed by atoms with van der Waals surface area (Å²) < 4.78 is 147. The maximum Gasteiger partial charge on any atom is 0.449 e. The van der Waals surface area contributed by atoms with Crippen LogP contribution in [-0.2, 0) is 18.9 Å². The molecule has 0 radical (unpaired) electrons. The average molecular weight is 584 g/mol. The number of aliphatic hydroxyl groups is 2. The standard InChI is InChI=1S/2C11H17F5O3/c1-3-7(2)5-18-6-8-4-9(12,13)10(17,19-8)11(14,15)16;1-3-7(2)6-18-8-4-5-19-10(17,9(8,12)13)11(14,15)16/h2*7-8,17H,3-6H2,1-2H3. The fourth-order valence-electron chi connectivity index (χ4n) is 3.35. The van der Waals surface area contributed by atoms with Crippen LogP contribution < -0.4 is 0 Å². The molecule has 16 heteroatoms. The molecule has 2 heterocycles. The Hall–Kier alpha value is -0.940. The molecule has 38 heavy (non-hydrogen) atoms. The van der Waals surface area contributed by atoms with Gasteiger partial charge in [0.25, 0.3) is 0 Å². The van der Waals surface area contributed by atoms with Crippen molar-refractivity contribution < 1.29 is 73.1 Å².